The van der Waals surface area contributed by atoms with Gasteiger partial charge in [0.15, 0.2) is 12.1 Å². The summed E-state index contributed by atoms with van der Waals surface area (Å²) in [6.45, 7) is 3.78. The molecule has 0 radical (unpaired) electrons. The van der Waals surface area contributed by atoms with Crippen molar-refractivity contribution in [2.45, 2.75) is 44.4 Å². The maximum atomic E-state index is 8.65. The molecule has 6 nitrogen and oxygen atoms in total. The van der Waals surface area contributed by atoms with Crippen molar-refractivity contribution >= 4 is 0 Å². The minimum atomic E-state index is -0.655. The number of hydrogen-bond donors (Lipinski definition) is 2. The van der Waals surface area contributed by atoms with E-state index in [9.17, 15) is 0 Å². The number of rotatable bonds is 3. The molecule has 2 heterocycles. The van der Waals surface area contributed by atoms with Gasteiger partial charge >= 0.3 is 0 Å². The number of nitrogens with two attached hydrogens (primary N) is 1. The normalized spacial score (nSPS) is 43.2. The van der Waals surface area contributed by atoms with E-state index in [0.717, 1.165) is 0 Å². The Morgan fingerprint density at radius 2 is 2.00 bits per heavy atom. The molecule has 6 heteroatoms. The maximum absolute atomic E-state index is 8.65. The van der Waals surface area contributed by atoms with Crippen LogP contribution in [0.3, 0.4) is 0 Å². The Balaban J connectivity index is 1.99. The highest BCUT2D eigenvalue weighted by Gasteiger charge is 2.54. The molecule has 0 aromatic carbocycles. The van der Waals surface area contributed by atoms with E-state index < -0.39 is 18.3 Å². The number of aliphatic hydroxyl groups excluding tert-OH is 1. The predicted molar refractivity (Wildman–Crippen MR) is 49.7 cm³/mol. The fourth-order valence-corrected chi connectivity index (χ4v) is 1.89. The Hall–Kier alpha value is -0.240. The van der Waals surface area contributed by atoms with Crippen molar-refractivity contribution < 1.29 is 24.1 Å². The first kappa shape index (κ1) is 11.3. The van der Waals surface area contributed by atoms with Crippen molar-refractivity contribution in [3.05, 3.63) is 0 Å². The number of fused-ring (bicyclic) bond motifs is 1. The lowest BCUT2D eigenvalue weighted by molar-refractivity contribution is -0.234. The summed E-state index contributed by atoms with van der Waals surface area (Å²) in [7, 11) is 0. The number of hydrogen-bond acceptors (Lipinski definition) is 6. The molecule has 0 unspecified atom stereocenters. The summed E-state index contributed by atoms with van der Waals surface area (Å²) < 4.78 is 21.8. The van der Waals surface area contributed by atoms with Crippen molar-refractivity contribution in [2.24, 2.45) is 5.73 Å². The molecule has 0 saturated carbocycles. The van der Waals surface area contributed by atoms with Crippen LogP contribution in [0.25, 0.3) is 0 Å². The van der Waals surface area contributed by atoms with Crippen LogP contribution in [0.4, 0.5) is 0 Å². The molecule has 88 valence electrons. The minimum Gasteiger partial charge on any atom is -0.394 e. The molecule has 0 amide bonds. The molecule has 2 fully saturated rings. The van der Waals surface area contributed by atoms with E-state index >= 15 is 0 Å². The van der Waals surface area contributed by atoms with Gasteiger partial charge in [0.05, 0.1) is 13.2 Å². The molecule has 15 heavy (non-hydrogen) atoms. The first-order chi connectivity index (χ1) is 7.03. The van der Waals surface area contributed by atoms with E-state index in [1.54, 1.807) is 0 Å². The molecular formula is C9H17NO5. The third-order valence-electron chi connectivity index (χ3n) is 2.42. The first-order valence-electron chi connectivity index (χ1n) is 5.02. The molecule has 0 aromatic heterocycles. The van der Waals surface area contributed by atoms with E-state index in [0.29, 0.717) is 0 Å². The van der Waals surface area contributed by atoms with Crippen LogP contribution in [0.5, 0.6) is 0 Å². The molecule has 0 bridgehead atoms. The van der Waals surface area contributed by atoms with E-state index in [1.807, 2.05) is 13.8 Å². The van der Waals surface area contributed by atoms with Crippen LogP contribution in [-0.4, -0.2) is 48.8 Å². The molecule has 2 saturated heterocycles. The molecule has 4 atom stereocenters. The Bertz CT molecular complexity index is 235. The van der Waals surface area contributed by atoms with Gasteiger partial charge in [-0.05, 0) is 13.8 Å². The average molecular weight is 219 g/mol. The summed E-state index contributed by atoms with van der Waals surface area (Å²) in [5.74, 6) is -0.655. The van der Waals surface area contributed by atoms with Gasteiger partial charge in [0.2, 0.25) is 0 Å². The van der Waals surface area contributed by atoms with Gasteiger partial charge < -0.3 is 29.8 Å². The van der Waals surface area contributed by atoms with Crippen molar-refractivity contribution in [3.63, 3.8) is 0 Å². The fraction of sp³-hybridized carbons (Fsp3) is 1.00. The van der Waals surface area contributed by atoms with Gasteiger partial charge in [0.25, 0.3) is 0 Å². The second-order valence-corrected chi connectivity index (χ2v) is 4.13. The SMILES string of the molecule is CC1(C)O[C@@H]2[C@@H](OCCO)O[C@@H](N)[C@@H]2O1. The molecule has 3 N–H and O–H groups in total. The quantitative estimate of drug-likeness (QED) is 0.643. The van der Waals surface area contributed by atoms with Crippen molar-refractivity contribution in [1.29, 1.82) is 0 Å². The van der Waals surface area contributed by atoms with E-state index in [1.165, 1.54) is 0 Å². The second kappa shape index (κ2) is 3.97. The molecule has 0 spiro atoms. The van der Waals surface area contributed by atoms with E-state index in [2.05, 4.69) is 0 Å². The Morgan fingerprint density at radius 3 is 2.67 bits per heavy atom. The van der Waals surface area contributed by atoms with Gasteiger partial charge in [0.1, 0.15) is 18.4 Å². The molecule has 0 aromatic rings. The Morgan fingerprint density at radius 1 is 1.33 bits per heavy atom. The molecular weight excluding hydrogens is 202 g/mol. The summed E-state index contributed by atoms with van der Waals surface area (Å²) in [5.41, 5.74) is 5.73. The maximum Gasteiger partial charge on any atom is 0.188 e. The van der Waals surface area contributed by atoms with Crippen LogP contribution >= 0.6 is 0 Å². The summed E-state index contributed by atoms with van der Waals surface area (Å²) >= 11 is 0. The Labute approximate surface area is 88.2 Å². The summed E-state index contributed by atoms with van der Waals surface area (Å²) in [4.78, 5) is 0. The van der Waals surface area contributed by atoms with Crippen molar-refractivity contribution in [3.8, 4) is 0 Å². The topological polar surface area (TPSA) is 83.2 Å². The zero-order valence-electron chi connectivity index (χ0n) is 8.88. The van der Waals surface area contributed by atoms with Gasteiger partial charge in [-0.3, -0.25) is 0 Å². The third kappa shape index (κ3) is 2.15. The zero-order valence-corrected chi connectivity index (χ0v) is 8.88. The lowest BCUT2D eigenvalue weighted by atomic mass is 10.2. The van der Waals surface area contributed by atoms with Gasteiger partial charge in [-0.2, -0.15) is 0 Å². The van der Waals surface area contributed by atoms with Gasteiger partial charge in [-0.15, -0.1) is 0 Å². The van der Waals surface area contributed by atoms with E-state index in [-0.39, 0.29) is 25.4 Å². The average Bonchev–Trinajstić information content (AvgIpc) is 2.60. The summed E-state index contributed by atoms with van der Waals surface area (Å²) in [6.07, 6.45) is -1.72. The van der Waals surface area contributed by atoms with Crippen LogP contribution in [-0.2, 0) is 18.9 Å². The molecule has 2 rings (SSSR count). The second-order valence-electron chi connectivity index (χ2n) is 4.13. The highest BCUT2D eigenvalue weighted by atomic mass is 16.8. The summed E-state index contributed by atoms with van der Waals surface area (Å²) in [5, 5.41) is 8.65. The number of aliphatic hydroxyl groups is 1. The fourth-order valence-electron chi connectivity index (χ4n) is 1.89. The van der Waals surface area contributed by atoms with Gasteiger partial charge in [0, 0.05) is 0 Å². The first-order valence-corrected chi connectivity index (χ1v) is 5.02. The monoisotopic (exact) mass is 219 g/mol. The van der Waals surface area contributed by atoms with Crippen LogP contribution < -0.4 is 5.73 Å². The van der Waals surface area contributed by atoms with Crippen LogP contribution in [0, 0.1) is 0 Å². The lowest BCUT2D eigenvalue weighted by Crippen LogP contribution is -2.35. The minimum absolute atomic E-state index is 0.0588. The van der Waals surface area contributed by atoms with E-state index in [4.69, 9.17) is 29.8 Å². The van der Waals surface area contributed by atoms with Gasteiger partial charge in [-0.25, -0.2) is 0 Å². The third-order valence-corrected chi connectivity index (χ3v) is 2.42. The predicted octanol–water partition coefficient (Wildman–Crippen LogP) is -0.843. The van der Waals surface area contributed by atoms with Crippen LogP contribution in [0.1, 0.15) is 13.8 Å². The highest BCUT2D eigenvalue weighted by Crippen LogP contribution is 2.37. The zero-order chi connectivity index (χ0) is 11.1. The van der Waals surface area contributed by atoms with Crippen molar-refractivity contribution in [2.75, 3.05) is 13.2 Å². The van der Waals surface area contributed by atoms with Crippen molar-refractivity contribution in [1.82, 2.24) is 0 Å². The standard InChI is InChI=1S/C9H17NO5/c1-9(2)14-5-6(15-9)8(12-4-3-11)13-7(5)10/h5-8,11H,3-4,10H2,1-2H3/t5-,6+,7-,8+/m1/s1. The summed E-state index contributed by atoms with van der Waals surface area (Å²) in [6, 6.07) is 0. The smallest absolute Gasteiger partial charge is 0.188 e. The molecule has 0 aliphatic carbocycles. The van der Waals surface area contributed by atoms with Gasteiger partial charge in [-0.1, -0.05) is 0 Å². The Kier molecular flexibility index (Phi) is 2.98. The number of ether oxygens (including phenoxy) is 4. The molecule has 2 aliphatic heterocycles. The van der Waals surface area contributed by atoms with Crippen LogP contribution in [0.15, 0.2) is 0 Å². The lowest BCUT2D eigenvalue weighted by Gasteiger charge is -2.22. The highest BCUT2D eigenvalue weighted by molar-refractivity contribution is 4.92. The molecule has 2 aliphatic rings. The largest absolute Gasteiger partial charge is 0.394 e. The van der Waals surface area contributed by atoms with Crippen LogP contribution in [0.2, 0.25) is 0 Å².